The molecule has 0 saturated carbocycles. The molecule has 0 spiro atoms. The molecule has 1 fully saturated rings. The van der Waals surface area contributed by atoms with Crippen LogP contribution in [0.4, 0.5) is 5.69 Å². The number of nitrogens with one attached hydrogen (secondary N) is 2. The highest BCUT2D eigenvalue weighted by Gasteiger charge is 2.28. The number of carbonyl (C=O) groups is 4. The highest BCUT2D eigenvalue weighted by molar-refractivity contribution is 6.03. The van der Waals surface area contributed by atoms with E-state index in [2.05, 4.69) is 15.5 Å². The minimum atomic E-state index is -0.782. The molecule has 1 unspecified atom stereocenters. The molecule has 1 aliphatic rings. The Hall–Kier alpha value is -2.74. The number of amides is 2. The fraction of sp³-hybridized carbons (Fsp3) is 0.474. The van der Waals surface area contributed by atoms with Gasteiger partial charge in [-0.05, 0) is 24.6 Å². The van der Waals surface area contributed by atoms with Gasteiger partial charge in [0.15, 0.2) is 6.29 Å². The average Bonchev–Trinajstić information content (AvgIpc) is 2.73. The van der Waals surface area contributed by atoms with Gasteiger partial charge in [-0.3, -0.25) is 14.4 Å². The van der Waals surface area contributed by atoms with Crippen molar-refractivity contribution >= 4 is 30.1 Å². The Bertz CT molecular complexity index is 701. The van der Waals surface area contributed by atoms with E-state index in [0.717, 1.165) is 38.2 Å². The smallest absolute Gasteiger partial charge is 0.255 e. The summed E-state index contributed by atoms with van der Waals surface area (Å²) in [7, 11) is 3.00. The van der Waals surface area contributed by atoms with Gasteiger partial charge < -0.3 is 25.2 Å². The summed E-state index contributed by atoms with van der Waals surface area (Å²) in [6, 6.07) is 4.38. The maximum atomic E-state index is 13.1. The molecule has 1 saturated heterocycles. The summed E-state index contributed by atoms with van der Waals surface area (Å²) in [4.78, 5) is 50.8. The second-order valence-corrected chi connectivity index (χ2v) is 6.42. The van der Waals surface area contributed by atoms with Crippen LogP contribution >= 0.6 is 0 Å². The van der Waals surface area contributed by atoms with E-state index < -0.39 is 11.9 Å². The van der Waals surface area contributed by atoms with Crippen LogP contribution in [0.15, 0.2) is 18.2 Å². The standard InChI is InChI=1S/C19H26N4O4/c1-20-18(26)17(4-3-11-24)22(2)19(27)16-12-15(6-5-14(16)13-25)23-9-7-21-8-10-23/h5-6,11-13,17,21H,3-4,7-10H2,1-2H3,(H,20,26). The molecule has 8 heteroatoms. The van der Waals surface area contributed by atoms with Crippen molar-refractivity contribution in [1.82, 2.24) is 15.5 Å². The fourth-order valence-electron chi connectivity index (χ4n) is 3.18. The lowest BCUT2D eigenvalue weighted by molar-refractivity contribution is -0.125. The Morgan fingerprint density at radius 2 is 2.00 bits per heavy atom. The molecule has 0 bridgehead atoms. The summed E-state index contributed by atoms with van der Waals surface area (Å²) < 4.78 is 0. The van der Waals surface area contributed by atoms with E-state index in [4.69, 9.17) is 0 Å². The van der Waals surface area contributed by atoms with Gasteiger partial charge in [0, 0.05) is 57.9 Å². The molecule has 1 aromatic rings. The lowest BCUT2D eigenvalue weighted by Gasteiger charge is -2.31. The van der Waals surface area contributed by atoms with E-state index in [1.807, 2.05) is 6.07 Å². The minimum Gasteiger partial charge on any atom is -0.369 e. The second-order valence-electron chi connectivity index (χ2n) is 6.42. The van der Waals surface area contributed by atoms with Crippen LogP contribution in [-0.2, 0) is 9.59 Å². The number of nitrogens with zero attached hydrogens (tertiary/aromatic N) is 2. The van der Waals surface area contributed by atoms with Crippen molar-refractivity contribution in [2.75, 3.05) is 45.2 Å². The molecule has 1 aliphatic heterocycles. The van der Waals surface area contributed by atoms with E-state index in [1.165, 1.54) is 19.0 Å². The summed E-state index contributed by atoms with van der Waals surface area (Å²) in [5.74, 6) is -0.771. The zero-order valence-corrected chi connectivity index (χ0v) is 15.7. The van der Waals surface area contributed by atoms with E-state index in [1.54, 1.807) is 12.1 Å². The van der Waals surface area contributed by atoms with Gasteiger partial charge in [0.1, 0.15) is 12.3 Å². The van der Waals surface area contributed by atoms with Crippen molar-refractivity contribution in [3.05, 3.63) is 29.3 Å². The molecular weight excluding hydrogens is 348 g/mol. The molecule has 2 rings (SSSR count). The predicted molar refractivity (Wildman–Crippen MR) is 102 cm³/mol. The molecule has 1 atom stereocenters. The molecule has 8 nitrogen and oxygen atoms in total. The molecule has 2 N–H and O–H groups in total. The molecular formula is C19H26N4O4. The van der Waals surface area contributed by atoms with Crippen molar-refractivity contribution in [3.63, 3.8) is 0 Å². The van der Waals surface area contributed by atoms with Gasteiger partial charge in [-0.25, -0.2) is 0 Å². The van der Waals surface area contributed by atoms with Crippen LogP contribution in [0.1, 0.15) is 33.6 Å². The number of rotatable bonds is 8. The van der Waals surface area contributed by atoms with E-state index >= 15 is 0 Å². The first-order valence-electron chi connectivity index (χ1n) is 9.00. The van der Waals surface area contributed by atoms with Crippen LogP contribution in [-0.4, -0.2) is 75.6 Å². The Kier molecular flexibility index (Phi) is 7.48. The number of likely N-dealkylation sites (N-methyl/N-ethyl adjacent to an activating group) is 2. The summed E-state index contributed by atoms with van der Waals surface area (Å²) in [5, 5.41) is 5.79. The van der Waals surface area contributed by atoms with Gasteiger partial charge in [0.05, 0.1) is 5.56 Å². The zero-order chi connectivity index (χ0) is 19.8. The Morgan fingerprint density at radius 3 is 2.59 bits per heavy atom. The van der Waals surface area contributed by atoms with Gasteiger partial charge in [-0.2, -0.15) is 0 Å². The number of carbonyl (C=O) groups excluding carboxylic acids is 4. The highest BCUT2D eigenvalue weighted by atomic mass is 16.2. The lowest BCUT2D eigenvalue weighted by atomic mass is 10.0. The van der Waals surface area contributed by atoms with Crippen molar-refractivity contribution in [2.24, 2.45) is 0 Å². The van der Waals surface area contributed by atoms with Crippen molar-refractivity contribution in [3.8, 4) is 0 Å². The largest absolute Gasteiger partial charge is 0.369 e. The molecule has 1 aromatic carbocycles. The average molecular weight is 374 g/mol. The molecule has 2 amide bonds. The van der Waals surface area contributed by atoms with Crippen LogP contribution in [0.25, 0.3) is 0 Å². The lowest BCUT2D eigenvalue weighted by Crippen LogP contribution is -2.47. The summed E-state index contributed by atoms with van der Waals surface area (Å²) in [6.07, 6.45) is 1.75. The number of hydrogen-bond acceptors (Lipinski definition) is 6. The molecule has 1 heterocycles. The monoisotopic (exact) mass is 374 g/mol. The third-order valence-corrected chi connectivity index (χ3v) is 4.77. The summed E-state index contributed by atoms with van der Waals surface area (Å²) in [6.45, 7) is 3.32. The topological polar surface area (TPSA) is 98.8 Å². The molecule has 0 radical (unpaired) electrons. The number of piperazine rings is 1. The van der Waals surface area contributed by atoms with Crippen LogP contribution < -0.4 is 15.5 Å². The first-order valence-corrected chi connectivity index (χ1v) is 9.00. The molecule has 146 valence electrons. The molecule has 0 aromatic heterocycles. The minimum absolute atomic E-state index is 0.164. The van der Waals surface area contributed by atoms with Gasteiger partial charge in [-0.15, -0.1) is 0 Å². The Morgan fingerprint density at radius 1 is 1.30 bits per heavy atom. The quantitative estimate of drug-likeness (QED) is 0.625. The maximum absolute atomic E-state index is 13.1. The number of aldehydes is 2. The van der Waals surface area contributed by atoms with E-state index in [9.17, 15) is 19.2 Å². The zero-order valence-electron chi connectivity index (χ0n) is 15.7. The van der Waals surface area contributed by atoms with Crippen LogP contribution in [0.2, 0.25) is 0 Å². The summed E-state index contributed by atoms with van der Waals surface area (Å²) >= 11 is 0. The fourth-order valence-corrected chi connectivity index (χ4v) is 3.18. The first kappa shape index (κ1) is 20.6. The van der Waals surface area contributed by atoms with Crippen molar-refractivity contribution in [1.29, 1.82) is 0 Å². The second kappa shape index (κ2) is 9.82. The Balaban J connectivity index is 2.32. The molecule has 0 aliphatic carbocycles. The van der Waals surface area contributed by atoms with Gasteiger partial charge in [0.25, 0.3) is 5.91 Å². The van der Waals surface area contributed by atoms with Gasteiger partial charge in [-0.1, -0.05) is 0 Å². The maximum Gasteiger partial charge on any atom is 0.255 e. The van der Waals surface area contributed by atoms with Gasteiger partial charge >= 0.3 is 0 Å². The van der Waals surface area contributed by atoms with E-state index in [0.29, 0.717) is 6.29 Å². The predicted octanol–water partition coefficient (Wildman–Crippen LogP) is 0.0744. The molecule has 27 heavy (non-hydrogen) atoms. The summed E-state index contributed by atoms with van der Waals surface area (Å²) in [5.41, 5.74) is 1.39. The van der Waals surface area contributed by atoms with E-state index in [-0.39, 0.29) is 29.9 Å². The Labute approximate surface area is 158 Å². The van der Waals surface area contributed by atoms with Gasteiger partial charge in [0.2, 0.25) is 5.91 Å². The third kappa shape index (κ3) is 4.91. The highest BCUT2D eigenvalue weighted by Crippen LogP contribution is 2.22. The number of hydrogen-bond donors (Lipinski definition) is 2. The third-order valence-electron chi connectivity index (χ3n) is 4.77. The number of benzene rings is 1. The van der Waals surface area contributed by atoms with Crippen LogP contribution in [0.3, 0.4) is 0 Å². The first-order chi connectivity index (χ1) is 13.0. The van der Waals surface area contributed by atoms with Crippen LogP contribution in [0, 0.1) is 0 Å². The number of anilines is 1. The van der Waals surface area contributed by atoms with Crippen LogP contribution in [0.5, 0.6) is 0 Å². The van der Waals surface area contributed by atoms with Crippen molar-refractivity contribution < 1.29 is 19.2 Å². The normalized spacial score (nSPS) is 15.0. The van der Waals surface area contributed by atoms with Crippen molar-refractivity contribution in [2.45, 2.75) is 18.9 Å². The SMILES string of the molecule is CNC(=O)C(CCC=O)N(C)C(=O)c1cc(N2CCNCC2)ccc1C=O.